The van der Waals surface area contributed by atoms with E-state index in [-0.39, 0.29) is 0 Å². The highest BCUT2D eigenvalue weighted by Crippen LogP contribution is 2.12. The molecule has 0 aromatic carbocycles. The number of aromatic nitrogens is 4. The Kier molecular flexibility index (Phi) is 4.35. The van der Waals surface area contributed by atoms with E-state index >= 15 is 0 Å². The fourth-order valence-corrected chi connectivity index (χ4v) is 2.33. The lowest BCUT2D eigenvalue weighted by atomic mass is 10.2. The van der Waals surface area contributed by atoms with Crippen molar-refractivity contribution < 1.29 is 4.74 Å². The zero-order valence-electron chi connectivity index (χ0n) is 11.5. The molecule has 0 spiro atoms. The topological polar surface area (TPSA) is 66.9 Å². The number of rotatable bonds is 5. The molecule has 3 heterocycles. The Balaban J connectivity index is 1.50. The number of aromatic amines is 1. The van der Waals surface area contributed by atoms with Gasteiger partial charge in [0.1, 0.15) is 5.82 Å². The summed E-state index contributed by atoms with van der Waals surface area (Å²) < 4.78 is 5.34. The van der Waals surface area contributed by atoms with Crippen molar-refractivity contribution in [2.75, 3.05) is 32.8 Å². The number of morpholine rings is 1. The van der Waals surface area contributed by atoms with Crippen LogP contribution >= 0.6 is 0 Å². The van der Waals surface area contributed by atoms with Gasteiger partial charge in [-0.2, -0.15) is 5.10 Å². The lowest BCUT2D eigenvalue weighted by Crippen LogP contribution is -2.36. The van der Waals surface area contributed by atoms with Gasteiger partial charge in [0.25, 0.3) is 0 Å². The van der Waals surface area contributed by atoms with E-state index < -0.39 is 0 Å². The second kappa shape index (κ2) is 6.58. The van der Waals surface area contributed by atoms with E-state index in [0.717, 1.165) is 62.9 Å². The normalized spacial score (nSPS) is 16.4. The zero-order valence-corrected chi connectivity index (χ0v) is 11.5. The van der Waals surface area contributed by atoms with Crippen LogP contribution < -0.4 is 0 Å². The summed E-state index contributed by atoms with van der Waals surface area (Å²) in [5, 5.41) is 7.25. The van der Waals surface area contributed by atoms with Crippen molar-refractivity contribution in [2.24, 2.45) is 0 Å². The lowest BCUT2D eigenvalue weighted by Gasteiger charge is -2.26. The molecule has 0 bridgehead atoms. The van der Waals surface area contributed by atoms with Crippen LogP contribution in [-0.4, -0.2) is 57.9 Å². The number of hydrogen-bond acceptors (Lipinski definition) is 5. The second-order valence-electron chi connectivity index (χ2n) is 4.90. The van der Waals surface area contributed by atoms with E-state index in [1.807, 2.05) is 12.1 Å². The molecule has 1 saturated heterocycles. The van der Waals surface area contributed by atoms with Gasteiger partial charge in [0.15, 0.2) is 5.82 Å². The SMILES string of the molecule is c1cncc(-c2n[nH]c(CCCN3CCOCC3)n2)c1. The fourth-order valence-electron chi connectivity index (χ4n) is 2.33. The molecule has 2 aromatic rings. The summed E-state index contributed by atoms with van der Waals surface area (Å²) in [5.41, 5.74) is 0.947. The number of hydrogen-bond donors (Lipinski definition) is 1. The summed E-state index contributed by atoms with van der Waals surface area (Å²) in [5.74, 6) is 1.66. The minimum atomic E-state index is 0.722. The minimum Gasteiger partial charge on any atom is -0.379 e. The molecule has 0 saturated carbocycles. The average Bonchev–Trinajstić information content (AvgIpc) is 2.98. The Morgan fingerprint density at radius 3 is 3.00 bits per heavy atom. The summed E-state index contributed by atoms with van der Waals surface area (Å²) >= 11 is 0. The molecule has 6 nitrogen and oxygen atoms in total. The van der Waals surface area contributed by atoms with Crippen LogP contribution in [0, 0.1) is 0 Å². The van der Waals surface area contributed by atoms with Crippen molar-refractivity contribution in [2.45, 2.75) is 12.8 Å². The van der Waals surface area contributed by atoms with Crippen molar-refractivity contribution in [3.63, 3.8) is 0 Å². The van der Waals surface area contributed by atoms with Crippen LogP contribution in [0.15, 0.2) is 24.5 Å². The zero-order chi connectivity index (χ0) is 13.6. The molecule has 2 aromatic heterocycles. The second-order valence-corrected chi connectivity index (χ2v) is 4.90. The number of aryl methyl sites for hydroxylation is 1. The van der Waals surface area contributed by atoms with Crippen molar-refractivity contribution in [3.8, 4) is 11.4 Å². The molecular formula is C14H19N5O. The highest BCUT2D eigenvalue weighted by atomic mass is 16.5. The summed E-state index contributed by atoms with van der Waals surface area (Å²) in [6.07, 6.45) is 5.53. The van der Waals surface area contributed by atoms with Crippen LogP contribution in [0.5, 0.6) is 0 Å². The van der Waals surface area contributed by atoms with Gasteiger partial charge in [-0.3, -0.25) is 15.0 Å². The fraction of sp³-hybridized carbons (Fsp3) is 0.500. The first kappa shape index (κ1) is 13.2. The van der Waals surface area contributed by atoms with E-state index in [2.05, 4.69) is 25.1 Å². The molecule has 0 aliphatic carbocycles. The van der Waals surface area contributed by atoms with E-state index in [4.69, 9.17) is 4.74 Å². The van der Waals surface area contributed by atoms with Crippen LogP contribution in [0.2, 0.25) is 0 Å². The maximum Gasteiger partial charge on any atom is 0.182 e. The van der Waals surface area contributed by atoms with Crippen LogP contribution in [0.25, 0.3) is 11.4 Å². The van der Waals surface area contributed by atoms with Crippen molar-refractivity contribution in [1.82, 2.24) is 25.1 Å². The maximum absolute atomic E-state index is 5.34. The Morgan fingerprint density at radius 2 is 2.20 bits per heavy atom. The van der Waals surface area contributed by atoms with Gasteiger partial charge in [0, 0.05) is 37.5 Å². The predicted molar refractivity (Wildman–Crippen MR) is 75.2 cm³/mol. The smallest absolute Gasteiger partial charge is 0.182 e. The molecule has 0 amide bonds. The van der Waals surface area contributed by atoms with Crippen LogP contribution in [-0.2, 0) is 11.2 Å². The summed E-state index contributed by atoms with van der Waals surface area (Å²) in [4.78, 5) is 11.0. The van der Waals surface area contributed by atoms with Crippen LogP contribution in [0.4, 0.5) is 0 Å². The predicted octanol–water partition coefficient (Wildman–Crippen LogP) is 1.13. The number of pyridine rings is 1. The largest absolute Gasteiger partial charge is 0.379 e. The number of ether oxygens (including phenoxy) is 1. The third kappa shape index (κ3) is 3.40. The van der Waals surface area contributed by atoms with Gasteiger partial charge in [0.05, 0.1) is 13.2 Å². The summed E-state index contributed by atoms with van der Waals surface area (Å²) in [6, 6.07) is 3.86. The van der Waals surface area contributed by atoms with Gasteiger partial charge < -0.3 is 4.74 Å². The van der Waals surface area contributed by atoms with Gasteiger partial charge in [0.2, 0.25) is 0 Å². The van der Waals surface area contributed by atoms with Crippen molar-refractivity contribution >= 4 is 0 Å². The van der Waals surface area contributed by atoms with Gasteiger partial charge >= 0.3 is 0 Å². The van der Waals surface area contributed by atoms with Gasteiger partial charge in [-0.25, -0.2) is 4.98 Å². The van der Waals surface area contributed by atoms with Crippen molar-refractivity contribution in [1.29, 1.82) is 0 Å². The Labute approximate surface area is 118 Å². The highest BCUT2D eigenvalue weighted by molar-refractivity contribution is 5.52. The van der Waals surface area contributed by atoms with Crippen LogP contribution in [0.1, 0.15) is 12.2 Å². The minimum absolute atomic E-state index is 0.722. The lowest BCUT2D eigenvalue weighted by molar-refractivity contribution is 0.0374. The highest BCUT2D eigenvalue weighted by Gasteiger charge is 2.10. The molecule has 6 heteroatoms. The van der Waals surface area contributed by atoms with Crippen molar-refractivity contribution in [3.05, 3.63) is 30.4 Å². The molecule has 106 valence electrons. The number of H-pyrrole nitrogens is 1. The summed E-state index contributed by atoms with van der Waals surface area (Å²) in [7, 11) is 0. The Hall–Kier alpha value is -1.79. The van der Waals surface area contributed by atoms with Gasteiger partial charge in [-0.15, -0.1) is 0 Å². The molecule has 1 aliphatic heterocycles. The van der Waals surface area contributed by atoms with E-state index in [1.165, 1.54) is 0 Å². The van der Waals surface area contributed by atoms with Gasteiger partial charge in [-0.05, 0) is 25.1 Å². The molecule has 1 fully saturated rings. The number of nitrogens with zero attached hydrogens (tertiary/aromatic N) is 4. The molecular weight excluding hydrogens is 254 g/mol. The molecule has 3 rings (SSSR count). The first-order chi connectivity index (χ1) is 9.92. The molecule has 1 aliphatic rings. The van der Waals surface area contributed by atoms with E-state index in [1.54, 1.807) is 12.4 Å². The average molecular weight is 273 g/mol. The molecule has 0 atom stereocenters. The monoisotopic (exact) mass is 273 g/mol. The Morgan fingerprint density at radius 1 is 1.30 bits per heavy atom. The molecule has 1 N–H and O–H groups in total. The Bertz CT molecular complexity index is 521. The molecule has 20 heavy (non-hydrogen) atoms. The first-order valence-electron chi connectivity index (χ1n) is 7.03. The van der Waals surface area contributed by atoms with E-state index in [0.29, 0.717) is 0 Å². The first-order valence-corrected chi connectivity index (χ1v) is 7.03. The summed E-state index contributed by atoms with van der Waals surface area (Å²) in [6.45, 7) is 4.88. The van der Waals surface area contributed by atoms with E-state index in [9.17, 15) is 0 Å². The molecule has 0 unspecified atom stereocenters. The maximum atomic E-state index is 5.34. The van der Waals surface area contributed by atoms with Gasteiger partial charge in [-0.1, -0.05) is 0 Å². The number of nitrogens with one attached hydrogen (secondary N) is 1. The third-order valence-corrected chi connectivity index (χ3v) is 3.44. The quantitative estimate of drug-likeness (QED) is 0.884. The van der Waals surface area contributed by atoms with Crippen LogP contribution in [0.3, 0.4) is 0 Å². The third-order valence-electron chi connectivity index (χ3n) is 3.44. The standard InChI is InChI=1S/C14H19N5O/c1-3-12(11-15-5-1)14-16-13(17-18-14)4-2-6-19-7-9-20-10-8-19/h1,3,5,11H,2,4,6-10H2,(H,16,17,18). The molecule has 0 radical (unpaired) electrons.